The van der Waals surface area contributed by atoms with Gasteiger partial charge in [-0.25, -0.2) is 4.79 Å². The van der Waals surface area contributed by atoms with E-state index < -0.39 is 12.1 Å². The first-order valence-electron chi connectivity index (χ1n) is 7.83. The van der Waals surface area contributed by atoms with Crippen molar-refractivity contribution in [2.75, 3.05) is 13.1 Å². The number of rotatable bonds is 6. The standard InChI is InChI=1S/C17H21N3O4/c1-4-20(5-2)16(22)11-6-7-12-13(9-18-14(12)8-11)15(21)10(3)19-17(23)24/h6-10,18-19H,4-5H2,1-3H3,(H,23,24). The number of nitrogens with one attached hydrogen (secondary N) is 2. The minimum Gasteiger partial charge on any atom is -0.465 e. The second kappa shape index (κ2) is 7.16. The van der Waals surface area contributed by atoms with Crippen LogP contribution in [0.1, 0.15) is 41.5 Å². The minimum atomic E-state index is -1.25. The molecule has 0 bridgehead atoms. The van der Waals surface area contributed by atoms with E-state index in [1.165, 1.54) is 6.92 Å². The van der Waals surface area contributed by atoms with E-state index in [-0.39, 0.29) is 11.7 Å². The lowest BCUT2D eigenvalue weighted by Gasteiger charge is -2.18. The highest BCUT2D eigenvalue weighted by molar-refractivity contribution is 6.11. The average Bonchev–Trinajstić information content (AvgIpc) is 2.97. The zero-order chi connectivity index (χ0) is 17.9. The van der Waals surface area contributed by atoms with Crippen LogP contribution in [0.5, 0.6) is 0 Å². The van der Waals surface area contributed by atoms with Crippen LogP contribution >= 0.6 is 0 Å². The van der Waals surface area contributed by atoms with Gasteiger partial charge in [0.2, 0.25) is 0 Å². The van der Waals surface area contributed by atoms with E-state index in [4.69, 9.17) is 5.11 Å². The Bertz CT molecular complexity index is 777. The Morgan fingerprint density at radius 3 is 2.50 bits per heavy atom. The van der Waals surface area contributed by atoms with Crippen LogP contribution in [-0.4, -0.2) is 51.9 Å². The van der Waals surface area contributed by atoms with Crippen LogP contribution in [0.2, 0.25) is 0 Å². The Hall–Kier alpha value is -2.83. The van der Waals surface area contributed by atoms with Crippen molar-refractivity contribution in [3.8, 4) is 0 Å². The number of H-pyrrole nitrogens is 1. The van der Waals surface area contributed by atoms with E-state index in [9.17, 15) is 14.4 Å². The summed E-state index contributed by atoms with van der Waals surface area (Å²) in [6.07, 6.45) is 0.293. The van der Waals surface area contributed by atoms with Crippen molar-refractivity contribution in [2.45, 2.75) is 26.8 Å². The van der Waals surface area contributed by atoms with Gasteiger partial charge in [0.1, 0.15) is 0 Å². The number of fused-ring (bicyclic) bond motifs is 1. The summed E-state index contributed by atoms with van der Waals surface area (Å²) in [5.74, 6) is -0.392. The van der Waals surface area contributed by atoms with E-state index >= 15 is 0 Å². The number of nitrogens with zero attached hydrogens (tertiary/aromatic N) is 1. The van der Waals surface area contributed by atoms with Crippen LogP contribution in [0, 0.1) is 0 Å². The maximum absolute atomic E-state index is 12.4. The van der Waals surface area contributed by atoms with E-state index in [1.54, 1.807) is 29.3 Å². The Labute approximate surface area is 139 Å². The molecule has 0 aliphatic rings. The Morgan fingerprint density at radius 1 is 1.25 bits per heavy atom. The van der Waals surface area contributed by atoms with Gasteiger partial charge in [0, 0.05) is 41.3 Å². The minimum absolute atomic E-state index is 0.0645. The van der Waals surface area contributed by atoms with Gasteiger partial charge in [-0.2, -0.15) is 0 Å². The molecule has 0 aliphatic heterocycles. The third-order valence-electron chi connectivity index (χ3n) is 3.98. The van der Waals surface area contributed by atoms with Gasteiger partial charge in [-0.05, 0) is 32.9 Å². The van der Waals surface area contributed by atoms with Crippen molar-refractivity contribution in [1.29, 1.82) is 0 Å². The van der Waals surface area contributed by atoms with Crippen LogP contribution < -0.4 is 5.32 Å². The zero-order valence-corrected chi connectivity index (χ0v) is 13.9. The van der Waals surface area contributed by atoms with Crippen molar-refractivity contribution in [1.82, 2.24) is 15.2 Å². The molecule has 3 N–H and O–H groups in total. The molecule has 0 spiro atoms. The normalized spacial score (nSPS) is 12.0. The molecule has 1 aromatic heterocycles. The van der Waals surface area contributed by atoms with E-state index in [0.29, 0.717) is 35.1 Å². The lowest BCUT2D eigenvalue weighted by Crippen LogP contribution is -2.37. The molecule has 7 heteroatoms. The van der Waals surface area contributed by atoms with E-state index in [1.807, 2.05) is 13.8 Å². The van der Waals surface area contributed by atoms with Crippen molar-refractivity contribution in [3.63, 3.8) is 0 Å². The predicted octanol–water partition coefficient (Wildman–Crippen LogP) is 2.49. The second-order valence-electron chi connectivity index (χ2n) is 5.48. The molecule has 1 unspecified atom stereocenters. The van der Waals surface area contributed by atoms with Crippen LogP contribution in [0.25, 0.3) is 10.9 Å². The quantitative estimate of drug-likeness (QED) is 0.708. The molecule has 0 saturated heterocycles. The number of ketones is 1. The molecule has 0 aliphatic carbocycles. The summed E-state index contributed by atoms with van der Waals surface area (Å²) in [5, 5.41) is 11.5. The fourth-order valence-electron chi connectivity index (χ4n) is 2.64. The van der Waals surface area contributed by atoms with Gasteiger partial charge in [-0.15, -0.1) is 0 Å². The van der Waals surface area contributed by atoms with Gasteiger partial charge in [0.25, 0.3) is 5.91 Å². The monoisotopic (exact) mass is 331 g/mol. The van der Waals surface area contributed by atoms with Gasteiger partial charge in [-0.1, -0.05) is 6.07 Å². The first kappa shape index (κ1) is 17.5. The first-order valence-corrected chi connectivity index (χ1v) is 7.83. The number of Topliss-reactive ketones (excluding diaryl/α,β-unsaturated/α-hetero) is 1. The molecule has 7 nitrogen and oxygen atoms in total. The fourth-order valence-corrected chi connectivity index (χ4v) is 2.64. The summed E-state index contributed by atoms with van der Waals surface area (Å²) in [4.78, 5) is 40.1. The maximum Gasteiger partial charge on any atom is 0.405 e. The molecule has 0 fully saturated rings. The largest absolute Gasteiger partial charge is 0.465 e. The van der Waals surface area contributed by atoms with Crippen LogP contribution in [0.4, 0.5) is 4.79 Å². The number of hydrogen-bond donors (Lipinski definition) is 3. The van der Waals surface area contributed by atoms with Gasteiger partial charge in [0.05, 0.1) is 6.04 Å². The van der Waals surface area contributed by atoms with Crippen molar-refractivity contribution in [2.24, 2.45) is 0 Å². The van der Waals surface area contributed by atoms with Crippen LogP contribution in [0.3, 0.4) is 0 Å². The molecule has 128 valence electrons. The summed E-state index contributed by atoms with van der Waals surface area (Å²) < 4.78 is 0. The lowest BCUT2D eigenvalue weighted by molar-refractivity contribution is 0.0773. The molecule has 1 atom stereocenters. The molecular formula is C17H21N3O4. The lowest BCUT2D eigenvalue weighted by atomic mass is 10.0. The number of carboxylic acid groups (broad SMARTS) is 1. The topological polar surface area (TPSA) is 102 Å². The van der Waals surface area contributed by atoms with Gasteiger partial charge >= 0.3 is 6.09 Å². The van der Waals surface area contributed by atoms with Crippen molar-refractivity contribution in [3.05, 3.63) is 35.5 Å². The molecule has 0 saturated carbocycles. The molecule has 2 aromatic rings. The number of carbonyl (C=O) groups is 3. The summed E-state index contributed by atoms with van der Waals surface area (Å²) in [6, 6.07) is 4.26. The Morgan fingerprint density at radius 2 is 1.92 bits per heavy atom. The predicted molar refractivity (Wildman–Crippen MR) is 90.5 cm³/mol. The Kier molecular flexibility index (Phi) is 5.23. The molecule has 0 radical (unpaired) electrons. The van der Waals surface area contributed by atoms with Crippen LogP contribution in [-0.2, 0) is 0 Å². The summed E-state index contributed by atoms with van der Waals surface area (Å²) in [7, 11) is 0. The fraction of sp³-hybridized carbons (Fsp3) is 0.353. The Balaban J connectivity index is 2.33. The number of hydrogen-bond acceptors (Lipinski definition) is 3. The van der Waals surface area contributed by atoms with Gasteiger partial charge in [-0.3, -0.25) is 9.59 Å². The molecule has 1 aromatic carbocycles. The SMILES string of the molecule is CCN(CC)C(=O)c1ccc2c(C(=O)C(C)NC(=O)O)c[nH]c2c1. The van der Waals surface area contributed by atoms with E-state index in [2.05, 4.69) is 10.3 Å². The third-order valence-corrected chi connectivity index (χ3v) is 3.98. The van der Waals surface area contributed by atoms with Gasteiger partial charge < -0.3 is 20.3 Å². The first-order chi connectivity index (χ1) is 11.4. The number of aromatic amines is 1. The highest BCUT2D eigenvalue weighted by Crippen LogP contribution is 2.22. The molecule has 1 heterocycles. The summed E-state index contributed by atoms with van der Waals surface area (Å²) >= 11 is 0. The summed E-state index contributed by atoms with van der Waals surface area (Å²) in [5.41, 5.74) is 1.61. The highest BCUT2D eigenvalue weighted by atomic mass is 16.4. The third kappa shape index (κ3) is 3.40. The molecule has 2 rings (SSSR count). The zero-order valence-electron chi connectivity index (χ0n) is 13.9. The second-order valence-corrected chi connectivity index (χ2v) is 5.48. The molecular weight excluding hydrogens is 310 g/mol. The number of benzene rings is 1. The smallest absolute Gasteiger partial charge is 0.405 e. The molecule has 2 amide bonds. The number of aromatic nitrogens is 1. The number of amides is 2. The van der Waals surface area contributed by atoms with E-state index in [0.717, 1.165) is 0 Å². The number of carbonyl (C=O) groups excluding carboxylic acids is 2. The molecule has 24 heavy (non-hydrogen) atoms. The maximum atomic E-state index is 12.4. The van der Waals surface area contributed by atoms with Crippen molar-refractivity contribution < 1.29 is 19.5 Å². The van der Waals surface area contributed by atoms with Gasteiger partial charge in [0.15, 0.2) is 5.78 Å². The highest BCUT2D eigenvalue weighted by Gasteiger charge is 2.21. The van der Waals surface area contributed by atoms with Crippen molar-refractivity contribution >= 4 is 28.7 Å². The van der Waals surface area contributed by atoms with Crippen LogP contribution in [0.15, 0.2) is 24.4 Å². The summed E-state index contributed by atoms with van der Waals surface area (Å²) in [6.45, 7) is 6.58. The average molecular weight is 331 g/mol.